The Bertz CT molecular complexity index is 421. The molecule has 2 heterocycles. The van der Waals surface area contributed by atoms with Crippen molar-refractivity contribution in [2.24, 2.45) is 5.73 Å². The highest BCUT2D eigenvalue weighted by atomic mass is 16.5. The number of aryl methyl sites for hydroxylation is 1. The van der Waals surface area contributed by atoms with Crippen LogP contribution in [0.25, 0.3) is 0 Å². The fourth-order valence-electron chi connectivity index (χ4n) is 1.39. The van der Waals surface area contributed by atoms with Crippen LogP contribution in [0.1, 0.15) is 12.6 Å². The van der Waals surface area contributed by atoms with E-state index in [1.165, 1.54) is 0 Å². The molecule has 0 unspecified atom stereocenters. The van der Waals surface area contributed by atoms with Crippen molar-refractivity contribution in [2.45, 2.75) is 26.6 Å². The second-order valence-corrected chi connectivity index (χ2v) is 3.56. The molecule has 0 aliphatic heterocycles. The maximum atomic E-state index is 5.53. The normalized spacial score (nSPS) is 10.7. The number of hydrogen-bond acceptors (Lipinski definition) is 5. The van der Waals surface area contributed by atoms with Gasteiger partial charge in [0.15, 0.2) is 5.75 Å². The Kier molecular flexibility index (Phi) is 3.71. The van der Waals surface area contributed by atoms with Crippen molar-refractivity contribution >= 4 is 0 Å². The summed E-state index contributed by atoms with van der Waals surface area (Å²) in [5.74, 6) is 0.769. The molecule has 0 amide bonds. The summed E-state index contributed by atoms with van der Waals surface area (Å²) in [5, 5.41) is 11.9. The lowest BCUT2D eigenvalue weighted by atomic mass is 10.5. The summed E-state index contributed by atoms with van der Waals surface area (Å²) in [5.41, 5.74) is 6.22. The van der Waals surface area contributed by atoms with E-state index in [1.807, 2.05) is 24.0 Å². The van der Waals surface area contributed by atoms with E-state index >= 15 is 0 Å². The lowest BCUT2D eigenvalue weighted by Crippen LogP contribution is -2.08. The van der Waals surface area contributed by atoms with Gasteiger partial charge in [0.25, 0.3) is 0 Å². The predicted octanol–water partition coefficient (Wildman–Crippen LogP) is 0.0322. The maximum Gasteiger partial charge on any atom is 0.157 e. The first-order valence-corrected chi connectivity index (χ1v) is 5.56. The van der Waals surface area contributed by atoms with Crippen LogP contribution in [0.4, 0.5) is 0 Å². The lowest BCUT2D eigenvalue weighted by molar-refractivity contribution is 0.289. The number of aromatic nitrogens is 5. The maximum absolute atomic E-state index is 5.53. The van der Waals surface area contributed by atoms with Crippen LogP contribution >= 0.6 is 0 Å². The molecule has 17 heavy (non-hydrogen) atoms. The third kappa shape index (κ3) is 3.04. The minimum Gasteiger partial charge on any atom is -0.488 e. The summed E-state index contributed by atoms with van der Waals surface area (Å²) in [6, 6.07) is 0. The van der Waals surface area contributed by atoms with E-state index in [1.54, 1.807) is 10.9 Å². The van der Waals surface area contributed by atoms with Crippen LogP contribution < -0.4 is 10.5 Å². The molecule has 0 radical (unpaired) electrons. The van der Waals surface area contributed by atoms with Crippen LogP contribution in [0.3, 0.4) is 0 Å². The lowest BCUT2D eigenvalue weighted by Gasteiger charge is -2.02. The van der Waals surface area contributed by atoms with Crippen LogP contribution in [0, 0.1) is 0 Å². The molecule has 0 spiro atoms. The second kappa shape index (κ2) is 5.44. The Morgan fingerprint density at radius 2 is 2.24 bits per heavy atom. The first-order valence-electron chi connectivity index (χ1n) is 5.56. The van der Waals surface area contributed by atoms with Gasteiger partial charge in [-0.1, -0.05) is 5.21 Å². The monoisotopic (exact) mass is 236 g/mol. The van der Waals surface area contributed by atoms with Gasteiger partial charge in [-0.2, -0.15) is 5.10 Å². The molecule has 2 aromatic heterocycles. The zero-order chi connectivity index (χ0) is 12.1. The predicted molar refractivity (Wildman–Crippen MR) is 61.3 cm³/mol. The molecule has 0 bridgehead atoms. The molecule has 0 fully saturated rings. The highest BCUT2D eigenvalue weighted by molar-refractivity contribution is 5.11. The minimum absolute atomic E-state index is 0.407. The van der Waals surface area contributed by atoms with Gasteiger partial charge in [0.05, 0.1) is 24.6 Å². The largest absolute Gasteiger partial charge is 0.488 e. The summed E-state index contributed by atoms with van der Waals surface area (Å²) in [7, 11) is 0. The molecule has 0 saturated heterocycles. The average Bonchev–Trinajstić information content (AvgIpc) is 2.97. The van der Waals surface area contributed by atoms with Crippen molar-refractivity contribution in [1.29, 1.82) is 0 Å². The topological polar surface area (TPSA) is 83.8 Å². The fraction of sp³-hybridized carbons (Fsp3) is 0.500. The Morgan fingerprint density at radius 1 is 1.35 bits per heavy atom. The van der Waals surface area contributed by atoms with Gasteiger partial charge >= 0.3 is 0 Å². The van der Waals surface area contributed by atoms with E-state index in [2.05, 4.69) is 15.4 Å². The van der Waals surface area contributed by atoms with Crippen molar-refractivity contribution in [2.75, 3.05) is 6.61 Å². The summed E-state index contributed by atoms with van der Waals surface area (Å²) in [6.07, 6.45) is 5.39. The summed E-state index contributed by atoms with van der Waals surface area (Å²) in [6.45, 7) is 4.45. The van der Waals surface area contributed by atoms with Crippen LogP contribution in [0.15, 0.2) is 18.6 Å². The zero-order valence-corrected chi connectivity index (χ0v) is 9.78. The highest BCUT2D eigenvalue weighted by Crippen LogP contribution is 2.07. The van der Waals surface area contributed by atoms with Crippen molar-refractivity contribution in [3.63, 3.8) is 0 Å². The van der Waals surface area contributed by atoms with Crippen LogP contribution in [-0.4, -0.2) is 31.4 Å². The van der Waals surface area contributed by atoms with Crippen LogP contribution in [-0.2, 0) is 19.6 Å². The molecule has 2 N–H and O–H groups in total. The van der Waals surface area contributed by atoms with Gasteiger partial charge in [0, 0.05) is 19.3 Å². The van der Waals surface area contributed by atoms with Crippen molar-refractivity contribution in [3.8, 4) is 5.75 Å². The third-order valence-corrected chi connectivity index (χ3v) is 2.32. The van der Waals surface area contributed by atoms with Gasteiger partial charge in [-0.3, -0.25) is 4.68 Å². The van der Waals surface area contributed by atoms with Gasteiger partial charge in [0.2, 0.25) is 0 Å². The zero-order valence-electron chi connectivity index (χ0n) is 9.78. The van der Waals surface area contributed by atoms with Gasteiger partial charge in [-0.15, -0.1) is 5.10 Å². The Labute approximate surface area is 99.2 Å². The molecule has 7 nitrogen and oxygen atoms in total. The Morgan fingerprint density at radius 3 is 2.88 bits per heavy atom. The SMILES string of the molecule is CCn1cc(OCCn2cc(CN)nn2)cn1. The van der Waals surface area contributed by atoms with E-state index < -0.39 is 0 Å². The fourth-order valence-corrected chi connectivity index (χ4v) is 1.39. The molecule has 0 aliphatic carbocycles. The number of hydrogen-bond donors (Lipinski definition) is 1. The van der Waals surface area contributed by atoms with Gasteiger partial charge in [-0.25, -0.2) is 4.68 Å². The summed E-state index contributed by atoms with van der Waals surface area (Å²) in [4.78, 5) is 0. The molecule has 0 aliphatic rings. The average molecular weight is 236 g/mol. The molecule has 0 aromatic carbocycles. The molecule has 92 valence electrons. The molecular weight excluding hydrogens is 220 g/mol. The number of nitrogens with zero attached hydrogens (tertiary/aromatic N) is 5. The van der Waals surface area contributed by atoms with Crippen molar-refractivity contribution in [3.05, 3.63) is 24.3 Å². The summed E-state index contributed by atoms with van der Waals surface area (Å²) >= 11 is 0. The van der Waals surface area contributed by atoms with E-state index in [4.69, 9.17) is 10.5 Å². The Hall–Kier alpha value is -1.89. The molecule has 2 aromatic rings. The first kappa shape index (κ1) is 11.6. The van der Waals surface area contributed by atoms with E-state index in [-0.39, 0.29) is 0 Å². The van der Waals surface area contributed by atoms with E-state index in [0.29, 0.717) is 19.7 Å². The van der Waals surface area contributed by atoms with Crippen LogP contribution in [0.5, 0.6) is 5.75 Å². The number of rotatable bonds is 6. The van der Waals surface area contributed by atoms with E-state index in [9.17, 15) is 0 Å². The van der Waals surface area contributed by atoms with Gasteiger partial charge in [-0.05, 0) is 6.92 Å². The van der Waals surface area contributed by atoms with Gasteiger partial charge in [0.1, 0.15) is 6.61 Å². The smallest absolute Gasteiger partial charge is 0.157 e. The first-order chi connectivity index (χ1) is 8.31. The molecule has 7 heteroatoms. The standard InChI is InChI=1S/C10H16N6O/c1-2-15-8-10(6-12-15)17-4-3-16-7-9(5-11)13-14-16/h6-8H,2-5,11H2,1H3. The number of ether oxygens (including phenoxy) is 1. The number of nitrogens with two attached hydrogens (primary N) is 1. The highest BCUT2D eigenvalue weighted by Gasteiger charge is 2.00. The molecular formula is C10H16N6O. The third-order valence-electron chi connectivity index (χ3n) is 2.32. The Balaban J connectivity index is 1.79. The minimum atomic E-state index is 0.407. The molecule has 2 rings (SSSR count). The van der Waals surface area contributed by atoms with Gasteiger partial charge < -0.3 is 10.5 Å². The molecule has 0 saturated carbocycles. The summed E-state index contributed by atoms with van der Waals surface area (Å²) < 4.78 is 9.06. The molecule has 0 atom stereocenters. The second-order valence-electron chi connectivity index (χ2n) is 3.56. The van der Waals surface area contributed by atoms with Crippen LogP contribution in [0.2, 0.25) is 0 Å². The van der Waals surface area contributed by atoms with E-state index in [0.717, 1.165) is 18.0 Å². The van der Waals surface area contributed by atoms with Crippen molar-refractivity contribution in [1.82, 2.24) is 24.8 Å². The van der Waals surface area contributed by atoms with Crippen molar-refractivity contribution < 1.29 is 4.74 Å². The quantitative estimate of drug-likeness (QED) is 0.765.